The molecule has 0 aliphatic carbocycles. The third-order valence-corrected chi connectivity index (χ3v) is 4.12. The van der Waals surface area contributed by atoms with Crippen molar-refractivity contribution in [2.45, 2.75) is 26.2 Å². The van der Waals surface area contributed by atoms with Crippen LogP contribution in [0.4, 0.5) is 11.4 Å². The number of hydrogen-bond acceptors (Lipinski definition) is 4. The van der Waals surface area contributed by atoms with Crippen LogP contribution in [0.1, 0.15) is 26.3 Å². The van der Waals surface area contributed by atoms with Gasteiger partial charge in [0, 0.05) is 16.9 Å². The molecule has 2 aromatic carbocycles. The monoisotopic (exact) mass is 383 g/mol. The van der Waals surface area contributed by atoms with E-state index in [0.717, 1.165) is 11.3 Å². The summed E-state index contributed by atoms with van der Waals surface area (Å²) < 4.78 is 5.21. The quantitative estimate of drug-likeness (QED) is 0.556. The number of para-hydroxylation sites is 1. The van der Waals surface area contributed by atoms with E-state index in [-0.39, 0.29) is 11.0 Å². The number of nitrogens with zero attached hydrogens (tertiary/aromatic N) is 1. The van der Waals surface area contributed by atoms with Crippen LogP contribution in [0.3, 0.4) is 0 Å². The van der Waals surface area contributed by atoms with Gasteiger partial charge in [0.25, 0.3) is 5.91 Å². The van der Waals surface area contributed by atoms with Gasteiger partial charge in [-0.15, -0.1) is 0 Å². The zero-order valence-corrected chi connectivity index (χ0v) is 16.5. The van der Waals surface area contributed by atoms with Crippen LogP contribution in [0.2, 0.25) is 5.02 Å². The molecular formula is C21H22ClN3O2. The Morgan fingerprint density at radius 3 is 2.52 bits per heavy atom. The Morgan fingerprint density at radius 2 is 1.89 bits per heavy atom. The van der Waals surface area contributed by atoms with Gasteiger partial charge in [-0.1, -0.05) is 50.6 Å². The lowest BCUT2D eigenvalue weighted by atomic mass is 9.86. The molecule has 0 aliphatic rings. The van der Waals surface area contributed by atoms with Crippen molar-refractivity contribution in [3.63, 3.8) is 0 Å². The number of nitrogens with one attached hydrogen (secondary N) is 2. The van der Waals surface area contributed by atoms with Crippen molar-refractivity contribution in [3.05, 3.63) is 64.8 Å². The minimum atomic E-state index is -0.557. The first kappa shape index (κ1) is 20.3. The van der Waals surface area contributed by atoms with E-state index in [1.54, 1.807) is 18.2 Å². The summed E-state index contributed by atoms with van der Waals surface area (Å²) in [5, 5.41) is 15.6. The second kappa shape index (κ2) is 8.61. The topological polar surface area (TPSA) is 74.1 Å². The number of amides is 1. The van der Waals surface area contributed by atoms with Gasteiger partial charge in [0.15, 0.2) is 0 Å². The summed E-state index contributed by atoms with van der Waals surface area (Å²) in [5.74, 6) is -0.102. The molecule has 2 rings (SSSR count). The molecule has 2 aromatic rings. The fraction of sp³-hybridized carbons (Fsp3) is 0.238. The number of benzene rings is 2. The number of nitriles is 1. The maximum atomic E-state index is 12.5. The number of carbonyl (C=O) groups excluding carboxylic acids is 1. The summed E-state index contributed by atoms with van der Waals surface area (Å²) in [4.78, 5) is 12.5. The van der Waals surface area contributed by atoms with E-state index < -0.39 is 5.91 Å². The molecule has 0 aliphatic heterocycles. The van der Waals surface area contributed by atoms with Gasteiger partial charge in [0.1, 0.15) is 17.4 Å². The standard InChI is InChI=1S/C21H22ClN3O2/c1-21(2,3)16-7-5-6-8-17(16)24-13-14(12-23)20(26)25-18-11-15(22)9-10-19(18)27-4/h5-11,13,24H,1-4H3,(H,25,26)/b14-13-. The zero-order valence-electron chi connectivity index (χ0n) is 15.8. The Balaban J connectivity index is 2.24. The number of hydrogen-bond donors (Lipinski definition) is 2. The summed E-state index contributed by atoms with van der Waals surface area (Å²) in [6.45, 7) is 6.29. The van der Waals surface area contributed by atoms with E-state index in [1.807, 2.05) is 30.3 Å². The van der Waals surface area contributed by atoms with Crippen molar-refractivity contribution in [2.24, 2.45) is 0 Å². The molecule has 0 radical (unpaired) electrons. The van der Waals surface area contributed by atoms with Crippen LogP contribution in [-0.2, 0) is 10.2 Å². The van der Waals surface area contributed by atoms with Crippen molar-refractivity contribution in [3.8, 4) is 11.8 Å². The van der Waals surface area contributed by atoms with Gasteiger partial charge in [0.05, 0.1) is 12.8 Å². The predicted octanol–water partition coefficient (Wildman–Crippen LogP) is 5.10. The first-order chi connectivity index (χ1) is 12.8. The number of methoxy groups -OCH3 is 1. The third kappa shape index (κ3) is 5.25. The number of anilines is 2. The van der Waals surface area contributed by atoms with E-state index in [4.69, 9.17) is 16.3 Å². The first-order valence-corrected chi connectivity index (χ1v) is 8.75. The number of rotatable bonds is 5. The van der Waals surface area contributed by atoms with E-state index in [9.17, 15) is 10.1 Å². The normalized spacial score (nSPS) is 11.5. The Kier molecular flexibility index (Phi) is 6.49. The van der Waals surface area contributed by atoms with Gasteiger partial charge >= 0.3 is 0 Å². The highest BCUT2D eigenvalue weighted by Gasteiger charge is 2.18. The highest BCUT2D eigenvalue weighted by Crippen LogP contribution is 2.30. The highest BCUT2D eigenvalue weighted by atomic mass is 35.5. The molecule has 0 atom stereocenters. The van der Waals surface area contributed by atoms with Gasteiger partial charge in [-0.25, -0.2) is 0 Å². The fourth-order valence-corrected chi connectivity index (χ4v) is 2.70. The molecule has 0 fully saturated rings. The van der Waals surface area contributed by atoms with Crippen LogP contribution < -0.4 is 15.4 Å². The summed E-state index contributed by atoms with van der Waals surface area (Å²) in [6, 6.07) is 14.6. The molecule has 0 aromatic heterocycles. The molecule has 0 saturated carbocycles. The average molecular weight is 384 g/mol. The minimum Gasteiger partial charge on any atom is -0.495 e. The highest BCUT2D eigenvalue weighted by molar-refractivity contribution is 6.31. The van der Waals surface area contributed by atoms with E-state index in [0.29, 0.717) is 16.5 Å². The maximum Gasteiger partial charge on any atom is 0.267 e. The van der Waals surface area contributed by atoms with Crippen LogP contribution >= 0.6 is 11.6 Å². The Labute approximate surface area is 164 Å². The second-order valence-electron chi connectivity index (χ2n) is 6.91. The van der Waals surface area contributed by atoms with Crippen LogP contribution in [0, 0.1) is 11.3 Å². The van der Waals surface area contributed by atoms with Gasteiger partial charge < -0.3 is 15.4 Å². The first-order valence-electron chi connectivity index (χ1n) is 8.37. The molecule has 140 valence electrons. The molecule has 0 heterocycles. The lowest BCUT2D eigenvalue weighted by Crippen LogP contribution is -2.16. The van der Waals surface area contributed by atoms with E-state index >= 15 is 0 Å². The van der Waals surface area contributed by atoms with Crippen molar-refractivity contribution < 1.29 is 9.53 Å². The van der Waals surface area contributed by atoms with Gasteiger partial charge in [0.2, 0.25) is 0 Å². The Morgan fingerprint density at radius 1 is 1.19 bits per heavy atom. The molecule has 5 nitrogen and oxygen atoms in total. The molecule has 2 N–H and O–H groups in total. The zero-order chi connectivity index (χ0) is 20.0. The van der Waals surface area contributed by atoms with Crippen molar-refractivity contribution in [1.29, 1.82) is 5.26 Å². The Hall–Kier alpha value is -2.97. The summed E-state index contributed by atoms with van der Waals surface area (Å²) >= 11 is 5.97. The summed E-state index contributed by atoms with van der Waals surface area (Å²) in [7, 11) is 1.49. The third-order valence-electron chi connectivity index (χ3n) is 3.88. The largest absolute Gasteiger partial charge is 0.495 e. The van der Waals surface area contributed by atoms with Gasteiger partial charge in [-0.3, -0.25) is 4.79 Å². The molecule has 6 heteroatoms. The molecule has 0 spiro atoms. The van der Waals surface area contributed by atoms with Crippen LogP contribution in [0.5, 0.6) is 5.75 Å². The average Bonchev–Trinajstić information content (AvgIpc) is 2.62. The fourth-order valence-electron chi connectivity index (χ4n) is 2.53. The SMILES string of the molecule is COc1ccc(Cl)cc1NC(=O)/C(C#N)=C\Nc1ccccc1C(C)(C)C. The van der Waals surface area contributed by atoms with Crippen molar-refractivity contribution in [2.75, 3.05) is 17.7 Å². The summed E-state index contributed by atoms with van der Waals surface area (Å²) in [6.07, 6.45) is 1.40. The smallest absolute Gasteiger partial charge is 0.267 e. The van der Waals surface area contributed by atoms with Crippen LogP contribution in [0.15, 0.2) is 54.2 Å². The summed E-state index contributed by atoms with van der Waals surface area (Å²) in [5.41, 5.74) is 2.16. The van der Waals surface area contributed by atoms with Crippen molar-refractivity contribution in [1.82, 2.24) is 0 Å². The number of carbonyl (C=O) groups is 1. The number of ether oxygens (including phenoxy) is 1. The lowest BCUT2D eigenvalue weighted by molar-refractivity contribution is -0.112. The van der Waals surface area contributed by atoms with Crippen LogP contribution in [0.25, 0.3) is 0 Å². The molecular weight excluding hydrogens is 362 g/mol. The maximum absolute atomic E-state index is 12.5. The molecule has 1 amide bonds. The molecule has 0 unspecified atom stereocenters. The molecule has 27 heavy (non-hydrogen) atoms. The molecule has 0 bridgehead atoms. The van der Waals surface area contributed by atoms with Crippen molar-refractivity contribution >= 4 is 28.9 Å². The molecule has 0 saturated heterocycles. The van der Waals surface area contributed by atoms with Gasteiger partial charge in [-0.2, -0.15) is 5.26 Å². The van der Waals surface area contributed by atoms with E-state index in [1.165, 1.54) is 13.3 Å². The Bertz CT molecular complexity index is 908. The number of halogens is 1. The van der Waals surface area contributed by atoms with Crippen LogP contribution in [-0.4, -0.2) is 13.0 Å². The van der Waals surface area contributed by atoms with Gasteiger partial charge in [-0.05, 0) is 35.2 Å². The lowest BCUT2D eigenvalue weighted by Gasteiger charge is -2.22. The minimum absolute atomic E-state index is 0.0688. The second-order valence-corrected chi connectivity index (χ2v) is 7.34. The van der Waals surface area contributed by atoms with E-state index in [2.05, 4.69) is 31.4 Å². The predicted molar refractivity (Wildman–Crippen MR) is 109 cm³/mol.